The summed E-state index contributed by atoms with van der Waals surface area (Å²) in [4.78, 5) is 17.5. The maximum absolute atomic E-state index is 10.5. The van der Waals surface area contributed by atoms with E-state index < -0.39 is 4.92 Å². The zero-order valence-electron chi connectivity index (χ0n) is 9.22. The monoisotopic (exact) mass is 250 g/mol. The molecule has 2 aromatic heterocycles. The van der Waals surface area contributed by atoms with Crippen LogP contribution in [0.3, 0.4) is 0 Å². The van der Waals surface area contributed by atoms with Crippen LogP contribution in [-0.4, -0.2) is 36.4 Å². The van der Waals surface area contributed by atoms with Crippen LogP contribution in [0.15, 0.2) is 18.6 Å². The van der Waals surface area contributed by atoms with Gasteiger partial charge in [-0.2, -0.15) is 4.98 Å². The van der Waals surface area contributed by atoms with Crippen LogP contribution in [-0.2, 0) is 6.54 Å². The molecule has 0 fully saturated rings. The molecule has 0 saturated carbocycles. The quantitative estimate of drug-likeness (QED) is 0.543. The second kappa shape index (κ2) is 5.03. The summed E-state index contributed by atoms with van der Waals surface area (Å²) in [5.74, 6) is 0.0662. The summed E-state index contributed by atoms with van der Waals surface area (Å²) in [5.41, 5.74) is 5.12. The van der Waals surface area contributed by atoms with E-state index in [1.165, 1.54) is 0 Å². The Morgan fingerprint density at radius 3 is 3.00 bits per heavy atom. The average Bonchev–Trinajstić information content (AvgIpc) is 2.81. The number of anilines is 2. The van der Waals surface area contributed by atoms with Gasteiger partial charge in [-0.05, 0) is 0 Å². The summed E-state index contributed by atoms with van der Waals surface area (Å²) in [6, 6.07) is 0. The first-order chi connectivity index (χ1) is 8.66. The standard InChI is InChI=1S/C8H10N8O2/c9-7-6(16(17)18)5-11-8(13-7)10-1-3-15-4-2-12-14-15/h2,4-5H,1,3H2,(H3,9,10,11,13). The van der Waals surface area contributed by atoms with Gasteiger partial charge in [-0.3, -0.25) is 14.8 Å². The first-order valence-electron chi connectivity index (χ1n) is 5.01. The Kier molecular flexibility index (Phi) is 3.27. The van der Waals surface area contributed by atoms with Crippen LogP contribution in [0.1, 0.15) is 0 Å². The molecule has 0 aromatic carbocycles. The average molecular weight is 250 g/mol. The highest BCUT2D eigenvalue weighted by Gasteiger charge is 2.13. The molecule has 3 N–H and O–H groups in total. The van der Waals surface area contributed by atoms with Gasteiger partial charge in [0.05, 0.1) is 17.7 Å². The molecule has 94 valence electrons. The van der Waals surface area contributed by atoms with Gasteiger partial charge in [-0.1, -0.05) is 5.21 Å². The van der Waals surface area contributed by atoms with E-state index in [1.807, 2.05) is 0 Å². The Morgan fingerprint density at radius 1 is 1.56 bits per heavy atom. The summed E-state index contributed by atoms with van der Waals surface area (Å²) in [5, 5.41) is 20.8. The Bertz CT molecular complexity index is 540. The van der Waals surface area contributed by atoms with Crippen molar-refractivity contribution < 1.29 is 4.92 Å². The highest BCUT2D eigenvalue weighted by Crippen LogP contribution is 2.17. The van der Waals surface area contributed by atoms with Crippen molar-refractivity contribution in [3.05, 3.63) is 28.7 Å². The lowest BCUT2D eigenvalue weighted by atomic mass is 10.5. The maximum atomic E-state index is 10.5. The minimum Gasteiger partial charge on any atom is -0.378 e. The molecule has 0 aliphatic carbocycles. The molecule has 10 nitrogen and oxygen atoms in total. The Hall–Kier alpha value is -2.78. The van der Waals surface area contributed by atoms with E-state index in [2.05, 4.69) is 25.6 Å². The molecule has 0 spiro atoms. The van der Waals surface area contributed by atoms with Crippen molar-refractivity contribution in [3.63, 3.8) is 0 Å². The van der Waals surface area contributed by atoms with Crippen molar-refractivity contribution in [1.82, 2.24) is 25.0 Å². The molecule has 0 aliphatic heterocycles. The van der Waals surface area contributed by atoms with E-state index in [4.69, 9.17) is 5.73 Å². The molecule has 2 rings (SSSR count). The van der Waals surface area contributed by atoms with E-state index in [9.17, 15) is 10.1 Å². The lowest BCUT2D eigenvalue weighted by Gasteiger charge is -2.04. The smallest absolute Gasteiger partial charge is 0.329 e. The van der Waals surface area contributed by atoms with E-state index in [0.29, 0.717) is 13.1 Å². The topological polar surface area (TPSA) is 138 Å². The van der Waals surface area contributed by atoms with Crippen molar-refractivity contribution in [2.45, 2.75) is 6.54 Å². The number of hydrogen-bond acceptors (Lipinski definition) is 8. The molecule has 0 aliphatic rings. The first-order valence-corrected chi connectivity index (χ1v) is 5.01. The van der Waals surface area contributed by atoms with Gasteiger partial charge in [-0.25, -0.2) is 4.98 Å². The Labute approximate surface area is 101 Å². The fourth-order valence-corrected chi connectivity index (χ4v) is 1.25. The van der Waals surface area contributed by atoms with Gasteiger partial charge in [0.25, 0.3) is 0 Å². The van der Waals surface area contributed by atoms with Crippen LogP contribution in [0.4, 0.5) is 17.5 Å². The molecule has 0 unspecified atom stereocenters. The number of rotatable bonds is 5. The fourth-order valence-electron chi connectivity index (χ4n) is 1.25. The second-order valence-corrected chi connectivity index (χ2v) is 3.31. The number of nitro groups is 1. The lowest BCUT2D eigenvalue weighted by Crippen LogP contribution is -2.13. The van der Waals surface area contributed by atoms with Gasteiger partial charge >= 0.3 is 5.69 Å². The number of hydrogen-bond donors (Lipinski definition) is 2. The van der Waals surface area contributed by atoms with Crippen LogP contribution in [0, 0.1) is 10.1 Å². The number of nitrogens with zero attached hydrogens (tertiary/aromatic N) is 6. The molecule has 2 heterocycles. The highest BCUT2D eigenvalue weighted by atomic mass is 16.6. The van der Waals surface area contributed by atoms with Gasteiger partial charge in [0.2, 0.25) is 11.8 Å². The zero-order chi connectivity index (χ0) is 13.0. The van der Waals surface area contributed by atoms with Crippen molar-refractivity contribution in [3.8, 4) is 0 Å². The van der Waals surface area contributed by atoms with Crippen molar-refractivity contribution in [2.24, 2.45) is 0 Å². The maximum Gasteiger partial charge on any atom is 0.329 e. The lowest BCUT2D eigenvalue weighted by molar-refractivity contribution is -0.384. The normalized spacial score (nSPS) is 10.2. The van der Waals surface area contributed by atoms with Gasteiger partial charge in [0, 0.05) is 12.7 Å². The number of aromatic nitrogens is 5. The minimum absolute atomic E-state index is 0.168. The van der Waals surface area contributed by atoms with Gasteiger partial charge in [-0.15, -0.1) is 5.10 Å². The van der Waals surface area contributed by atoms with E-state index in [0.717, 1.165) is 6.20 Å². The predicted octanol–water partition coefficient (Wildman–Crippen LogP) is -0.329. The molecule has 18 heavy (non-hydrogen) atoms. The third-order valence-electron chi connectivity index (χ3n) is 2.09. The van der Waals surface area contributed by atoms with Crippen molar-refractivity contribution >= 4 is 17.5 Å². The summed E-state index contributed by atoms with van der Waals surface area (Å²) < 4.78 is 1.63. The Morgan fingerprint density at radius 2 is 2.39 bits per heavy atom. The Balaban J connectivity index is 1.94. The van der Waals surface area contributed by atoms with Crippen LogP contribution in [0.2, 0.25) is 0 Å². The molecule has 0 amide bonds. The fraction of sp³-hybridized carbons (Fsp3) is 0.250. The van der Waals surface area contributed by atoms with E-state index in [-0.39, 0.29) is 17.5 Å². The minimum atomic E-state index is -0.630. The summed E-state index contributed by atoms with van der Waals surface area (Å²) in [6.45, 7) is 1.07. The van der Waals surface area contributed by atoms with Gasteiger partial charge < -0.3 is 11.1 Å². The van der Waals surface area contributed by atoms with Crippen molar-refractivity contribution in [2.75, 3.05) is 17.6 Å². The summed E-state index contributed by atoms with van der Waals surface area (Å²) >= 11 is 0. The predicted molar refractivity (Wildman–Crippen MR) is 61.6 cm³/mol. The van der Waals surface area contributed by atoms with Gasteiger partial charge in [0.15, 0.2) is 0 Å². The van der Waals surface area contributed by atoms with Crippen molar-refractivity contribution in [1.29, 1.82) is 0 Å². The number of nitrogens with one attached hydrogen (secondary N) is 1. The third kappa shape index (κ3) is 2.66. The molecular formula is C8H10N8O2. The van der Waals surface area contributed by atoms with Crippen LogP contribution < -0.4 is 11.1 Å². The number of nitrogen functional groups attached to an aromatic ring is 1. The SMILES string of the molecule is Nc1nc(NCCn2ccnn2)ncc1[N+](=O)[O-]. The molecule has 0 bridgehead atoms. The number of nitrogens with two attached hydrogens (primary N) is 1. The second-order valence-electron chi connectivity index (χ2n) is 3.31. The van der Waals surface area contributed by atoms with Crippen LogP contribution in [0.25, 0.3) is 0 Å². The summed E-state index contributed by atoms with van der Waals surface area (Å²) in [7, 11) is 0. The van der Waals surface area contributed by atoms with E-state index >= 15 is 0 Å². The van der Waals surface area contributed by atoms with Gasteiger partial charge in [0.1, 0.15) is 6.20 Å². The highest BCUT2D eigenvalue weighted by molar-refractivity contribution is 5.53. The van der Waals surface area contributed by atoms with Crippen LogP contribution in [0.5, 0.6) is 0 Å². The first kappa shape index (κ1) is 11.7. The molecule has 10 heteroatoms. The van der Waals surface area contributed by atoms with Crippen LogP contribution >= 0.6 is 0 Å². The molecule has 0 radical (unpaired) electrons. The third-order valence-corrected chi connectivity index (χ3v) is 2.09. The summed E-state index contributed by atoms with van der Waals surface area (Å²) in [6.07, 6.45) is 4.35. The molecule has 0 atom stereocenters. The van der Waals surface area contributed by atoms with E-state index in [1.54, 1.807) is 17.1 Å². The zero-order valence-corrected chi connectivity index (χ0v) is 9.22. The largest absolute Gasteiger partial charge is 0.378 e. The molecule has 0 saturated heterocycles. The molecule has 2 aromatic rings. The molecular weight excluding hydrogens is 240 g/mol.